The first-order chi connectivity index (χ1) is 10.5. The highest BCUT2D eigenvalue weighted by molar-refractivity contribution is 9.10. The third-order valence-electron chi connectivity index (χ3n) is 3.58. The zero-order valence-electron chi connectivity index (χ0n) is 11.6. The van der Waals surface area contributed by atoms with Crippen LogP contribution in [-0.4, -0.2) is 10.8 Å². The lowest BCUT2D eigenvalue weighted by Gasteiger charge is -2.29. The molecule has 0 aromatic heterocycles. The number of hydrogen-bond donors (Lipinski definition) is 2. The second-order valence-electron chi connectivity index (χ2n) is 5.02. The molecule has 0 saturated heterocycles. The van der Waals surface area contributed by atoms with Crippen molar-refractivity contribution in [1.82, 2.24) is 5.32 Å². The highest BCUT2D eigenvalue weighted by Gasteiger charge is 2.27. The topological polar surface area (TPSA) is 84.3 Å². The molecule has 7 heteroatoms. The number of rotatable bonds is 2. The summed E-state index contributed by atoms with van der Waals surface area (Å²) in [6.45, 7) is 1.91. The molecular weight excluding hydrogens is 350 g/mol. The number of anilines is 1. The van der Waals surface area contributed by atoms with E-state index in [1.54, 1.807) is 18.2 Å². The van der Waals surface area contributed by atoms with Crippen LogP contribution in [0.3, 0.4) is 0 Å². The molecule has 1 unspecified atom stereocenters. The number of halogens is 1. The molecule has 6 nitrogen and oxygen atoms in total. The van der Waals surface area contributed by atoms with Gasteiger partial charge < -0.3 is 10.6 Å². The minimum Gasteiger partial charge on any atom is -0.361 e. The SMILES string of the molecule is Cc1cccc2c1NC(c1ccc(Br)c([N+](=O)[O-])c1)NC2=O. The Kier molecular flexibility index (Phi) is 3.58. The molecule has 0 saturated carbocycles. The van der Waals surface area contributed by atoms with Crippen molar-refractivity contribution in [2.24, 2.45) is 0 Å². The number of nitrogens with zero attached hydrogens (tertiary/aromatic N) is 1. The number of carbonyl (C=O) groups is 1. The number of carbonyl (C=O) groups excluding carboxylic acids is 1. The van der Waals surface area contributed by atoms with Gasteiger partial charge in [-0.25, -0.2) is 0 Å². The number of nitrogens with one attached hydrogen (secondary N) is 2. The van der Waals surface area contributed by atoms with E-state index < -0.39 is 11.1 Å². The van der Waals surface area contributed by atoms with Crippen molar-refractivity contribution >= 4 is 33.2 Å². The maximum Gasteiger partial charge on any atom is 0.283 e. The average Bonchev–Trinajstić information content (AvgIpc) is 2.48. The zero-order valence-corrected chi connectivity index (χ0v) is 13.2. The maximum atomic E-state index is 12.2. The standard InChI is InChI=1S/C15H12BrN3O3/c1-8-3-2-4-10-13(8)17-14(18-15(10)20)9-5-6-11(16)12(7-9)19(21)22/h2-7,14,17H,1H3,(H,18,20). The fourth-order valence-electron chi connectivity index (χ4n) is 2.45. The summed E-state index contributed by atoms with van der Waals surface area (Å²) in [7, 11) is 0. The minimum atomic E-state index is -0.507. The molecule has 0 spiro atoms. The van der Waals surface area contributed by atoms with Crippen molar-refractivity contribution in [2.45, 2.75) is 13.1 Å². The lowest BCUT2D eigenvalue weighted by Crippen LogP contribution is -2.38. The summed E-state index contributed by atoms with van der Waals surface area (Å²) in [6, 6.07) is 10.3. The van der Waals surface area contributed by atoms with E-state index in [0.29, 0.717) is 15.6 Å². The second kappa shape index (κ2) is 5.42. The molecule has 0 aliphatic carbocycles. The van der Waals surface area contributed by atoms with Crippen molar-refractivity contribution in [1.29, 1.82) is 0 Å². The third kappa shape index (κ3) is 2.43. The van der Waals surface area contributed by atoms with E-state index in [4.69, 9.17) is 0 Å². The Labute approximate surface area is 134 Å². The van der Waals surface area contributed by atoms with Gasteiger partial charge in [-0.05, 0) is 40.5 Å². The summed E-state index contributed by atoms with van der Waals surface area (Å²) in [4.78, 5) is 22.8. The Morgan fingerprint density at radius 3 is 2.73 bits per heavy atom. The molecule has 3 rings (SSSR count). The van der Waals surface area contributed by atoms with E-state index in [1.165, 1.54) is 6.07 Å². The van der Waals surface area contributed by atoms with Crippen LogP contribution in [0.1, 0.15) is 27.7 Å². The molecule has 2 aromatic carbocycles. The summed E-state index contributed by atoms with van der Waals surface area (Å²) in [6.07, 6.45) is -0.507. The number of hydrogen-bond acceptors (Lipinski definition) is 4. The minimum absolute atomic E-state index is 0.0378. The number of para-hydroxylation sites is 1. The van der Waals surface area contributed by atoms with Crippen LogP contribution in [0, 0.1) is 17.0 Å². The van der Waals surface area contributed by atoms with Crippen LogP contribution in [0.4, 0.5) is 11.4 Å². The van der Waals surface area contributed by atoms with Gasteiger partial charge in [-0.3, -0.25) is 14.9 Å². The fourth-order valence-corrected chi connectivity index (χ4v) is 2.85. The summed E-state index contributed by atoms with van der Waals surface area (Å²) in [5.41, 5.74) is 2.86. The van der Waals surface area contributed by atoms with Gasteiger partial charge in [-0.2, -0.15) is 0 Å². The molecule has 1 amide bonds. The Hall–Kier alpha value is -2.41. The molecule has 0 fully saturated rings. The van der Waals surface area contributed by atoms with Crippen molar-refractivity contribution in [2.75, 3.05) is 5.32 Å². The highest BCUT2D eigenvalue weighted by Crippen LogP contribution is 2.32. The fraction of sp³-hybridized carbons (Fsp3) is 0.133. The largest absolute Gasteiger partial charge is 0.361 e. The number of benzene rings is 2. The normalized spacial score (nSPS) is 16.5. The van der Waals surface area contributed by atoms with Crippen LogP contribution in [0.15, 0.2) is 40.9 Å². The van der Waals surface area contributed by atoms with Gasteiger partial charge in [0.15, 0.2) is 0 Å². The lowest BCUT2D eigenvalue weighted by molar-refractivity contribution is -0.385. The molecule has 2 aromatic rings. The van der Waals surface area contributed by atoms with E-state index in [2.05, 4.69) is 26.6 Å². The first-order valence-electron chi connectivity index (χ1n) is 6.58. The molecule has 1 heterocycles. The molecule has 1 atom stereocenters. The summed E-state index contributed by atoms with van der Waals surface area (Å²) in [5, 5.41) is 17.1. The van der Waals surface area contributed by atoms with Crippen molar-refractivity contribution in [3.05, 3.63) is 67.7 Å². The Bertz CT molecular complexity index is 792. The van der Waals surface area contributed by atoms with Crippen LogP contribution in [0.25, 0.3) is 0 Å². The van der Waals surface area contributed by atoms with Gasteiger partial charge in [-0.15, -0.1) is 0 Å². The Morgan fingerprint density at radius 1 is 1.23 bits per heavy atom. The molecule has 1 aliphatic rings. The predicted octanol–water partition coefficient (Wildman–Crippen LogP) is 3.52. The average molecular weight is 362 g/mol. The molecule has 0 bridgehead atoms. The Balaban J connectivity index is 2.01. The number of aryl methyl sites for hydroxylation is 1. The smallest absolute Gasteiger partial charge is 0.283 e. The quantitative estimate of drug-likeness (QED) is 0.633. The lowest BCUT2D eigenvalue weighted by atomic mass is 10.0. The van der Waals surface area contributed by atoms with Crippen molar-refractivity contribution in [3.63, 3.8) is 0 Å². The molecule has 22 heavy (non-hydrogen) atoms. The second-order valence-corrected chi connectivity index (χ2v) is 5.87. The summed E-state index contributed by atoms with van der Waals surface area (Å²) in [5.74, 6) is -0.201. The maximum absolute atomic E-state index is 12.2. The van der Waals surface area contributed by atoms with Gasteiger partial charge in [0, 0.05) is 11.6 Å². The number of fused-ring (bicyclic) bond motifs is 1. The molecule has 1 aliphatic heterocycles. The van der Waals surface area contributed by atoms with Crippen molar-refractivity contribution < 1.29 is 9.72 Å². The molecular formula is C15H12BrN3O3. The van der Waals surface area contributed by atoms with Crippen LogP contribution in [0.2, 0.25) is 0 Å². The van der Waals surface area contributed by atoms with Gasteiger partial charge in [0.2, 0.25) is 0 Å². The molecule has 2 N–H and O–H groups in total. The van der Waals surface area contributed by atoms with Crippen LogP contribution in [-0.2, 0) is 0 Å². The van der Waals surface area contributed by atoms with Gasteiger partial charge in [-0.1, -0.05) is 18.2 Å². The summed E-state index contributed by atoms with van der Waals surface area (Å²) >= 11 is 3.15. The van der Waals surface area contributed by atoms with E-state index in [9.17, 15) is 14.9 Å². The van der Waals surface area contributed by atoms with E-state index in [1.807, 2.05) is 19.1 Å². The van der Waals surface area contributed by atoms with Crippen LogP contribution in [0.5, 0.6) is 0 Å². The molecule has 0 radical (unpaired) electrons. The first kappa shape index (κ1) is 14.5. The third-order valence-corrected chi connectivity index (χ3v) is 4.25. The summed E-state index contributed by atoms with van der Waals surface area (Å²) < 4.78 is 0.403. The van der Waals surface area contributed by atoms with E-state index in [0.717, 1.165) is 11.3 Å². The van der Waals surface area contributed by atoms with Crippen LogP contribution >= 0.6 is 15.9 Å². The number of amides is 1. The van der Waals surface area contributed by atoms with Crippen LogP contribution < -0.4 is 10.6 Å². The zero-order chi connectivity index (χ0) is 15.9. The highest BCUT2D eigenvalue weighted by atomic mass is 79.9. The predicted molar refractivity (Wildman–Crippen MR) is 85.8 cm³/mol. The van der Waals surface area contributed by atoms with Gasteiger partial charge >= 0.3 is 0 Å². The monoisotopic (exact) mass is 361 g/mol. The van der Waals surface area contributed by atoms with E-state index in [-0.39, 0.29) is 11.6 Å². The van der Waals surface area contributed by atoms with Crippen molar-refractivity contribution in [3.8, 4) is 0 Å². The van der Waals surface area contributed by atoms with Gasteiger partial charge in [0.1, 0.15) is 6.17 Å². The number of nitro benzene ring substituents is 1. The Morgan fingerprint density at radius 2 is 2.00 bits per heavy atom. The van der Waals surface area contributed by atoms with Gasteiger partial charge in [0.05, 0.1) is 20.6 Å². The molecule has 112 valence electrons. The van der Waals surface area contributed by atoms with E-state index >= 15 is 0 Å². The first-order valence-corrected chi connectivity index (χ1v) is 7.37. The van der Waals surface area contributed by atoms with Gasteiger partial charge in [0.25, 0.3) is 11.6 Å². The number of nitro groups is 1.